The summed E-state index contributed by atoms with van der Waals surface area (Å²) in [5.41, 5.74) is 0. The zero-order chi connectivity index (χ0) is 7.66. The Hall–Kier alpha value is 0.519. The molecule has 0 heterocycles. The van der Waals surface area contributed by atoms with Crippen molar-refractivity contribution in [3.63, 3.8) is 0 Å². The summed E-state index contributed by atoms with van der Waals surface area (Å²) in [6.07, 6.45) is 7.19. The van der Waals surface area contributed by atoms with Gasteiger partial charge in [0.15, 0.2) is 0 Å². The molecular formula is C9H20Se. The van der Waals surface area contributed by atoms with Gasteiger partial charge < -0.3 is 0 Å². The van der Waals surface area contributed by atoms with Gasteiger partial charge in [0.1, 0.15) is 0 Å². The SMILES string of the molecule is CCCCCC[Se]CCC. The van der Waals surface area contributed by atoms with Crippen LogP contribution in [0.5, 0.6) is 0 Å². The Labute approximate surface area is 71.9 Å². The molecule has 0 aliphatic rings. The van der Waals surface area contributed by atoms with Gasteiger partial charge in [-0.3, -0.25) is 0 Å². The summed E-state index contributed by atoms with van der Waals surface area (Å²) in [5, 5.41) is 3.03. The second-order valence-electron chi connectivity index (χ2n) is 2.67. The Morgan fingerprint density at radius 1 is 0.800 bits per heavy atom. The molecule has 10 heavy (non-hydrogen) atoms. The third-order valence-electron chi connectivity index (χ3n) is 1.49. The maximum absolute atomic E-state index is 2.29. The van der Waals surface area contributed by atoms with Gasteiger partial charge in [0.05, 0.1) is 0 Å². The van der Waals surface area contributed by atoms with Crippen molar-refractivity contribution in [1.29, 1.82) is 0 Å². The van der Waals surface area contributed by atoms with Crippen molar-refractivity contribution in [1.82, 2.24) is 0 Å². The van der Waals surface area contributed by atoms with Gasteiger partial charge in [0.2, 0.25) is 0 Å². The molecular weight excluding hydrogens is 187 g/mol. The molecule has 0 saturated heterocycles. The van der Waals surface area contributed by atoms with Crippen molar-refractivity contribution in [2.24, 2.45) is 0 Å². The summed E-state index contributed by atoms with van der Waals surface area (Å²) in [5.74, 6) is 0. The Balaban J connectivity index is 2.65. The molecule has 0 fully saturated rings. The molecule has 0 spiro atoms. The van der Waals surface area contributed by atoms with Gasteiger partial charge in [-0.15, -0.1) is 0 Å². The van der Waals surface area contributed by atoms with Gasteiger partial charge in [0.25, 0.3) is 0 Å². The molecule has 0 saturated carbocycles. The van der Waals surface area contributed by atoms with Crippen molar-refractivity contribution in [3.05, 3.63) is 0 Å². The molecule has 0 N–H and O–H groups in total. The zero-order valence-corrected chi connectivity index (χ0v) is 9.07. The molecule has 0 aliphatic heterocycles. The minimum atomic E-state index is 0.975. The zero-order valence-electron chi connectivity index (χ0n) is 7.36. The van der Waals surface area contributed by atoms with Crippen LogP contribution < -0.4 is 0 Å². The second-order valence-corrected chi connectivity index (χ2v) is 5.24. The van der Waals surface area contributed by atoms with Crippen molar-refractivity contribution in [3.8, 4) is 0 Å². The molecule has 0 aromatic carbocycles. The van der Waals surface area contributed by atoms with Crippen LogP contribution in [0.15, 0.2) is 0 Å². The van der Waals surface area contributed by atoms with Gasteiger partial charge >= 0.3 is 71.5 Å². The van der Waals surface area contributed by atoms with Crippen LogP contribution in [0.25, 0.3) is 0 Å². The summed E-state index contributed by atoms with van der Waals surface area (Å²) in [7, 11) is 0. The van der Waals surface area contributed by atoms with E-state index in [1.807, 2.05) is 0 Å². The molecule has 0 bridgehead atoms. The first-order valence-electron chi connectivity index (χ1n) is 4.49. The van der Waals surface area contributed by atoms with E-state index < -0.39 is 0 Å². The first-order chi connectivity index (χ1) is 4.91. The summed E-state index contributed by atoms with van der Waals surface area (Å²) < 4.78 is 0. The molecule has 0 nitrogen and oxygen atoms in total. The second kappa shape index (κ2) is 9.52. The van der Waals surface area contributed by atoms with Gasteiger partial charge in [0, 0.05) is 0 Å². The maximum atomic E-state index is 2.29. The molecule has 0 rings (SSSR count). The molecule has 62 valence electrons. The van der Waals surface area contributed by atoms with Crippen LogP contribution in [0.1, 0.15) is 46.0 Å². The molecule has 0 radical (unpaired) electrons. The first kappa shape index (κ1) is 10.5. The average Bonchev–Trinajstić information content (AvgIpc) is 1.97. The fraction of sp³-hybridized carbons (Fsp3) is 1.00. The monoisotopic (exact) mass is 208 g/mol. The van der Waals surface area contributed by atoms with Crippen molar-refractivity contribution >= 4 is 15.0 Å². The summed E-state index contributed by atoms with van der Waals surface area (Å²) >= 11 is 0.975. The van der Waals surface area contributed by atoms with E-state index in [-0.39, 0.29) is 0 Å². The molecule has 0 amide bonds. The third-order valence-corrected chi connectivity index (χ3v) is 4.16. The van der Waals surface area contributed by atoms with E-state index in [1.165, 1.54) is 42.7 Å². The third kappa shape index (κ3) is 8.52. The predicted molar refractivity (Wildman–Crippen MR) is 49.8 cm³/mol. The Morgan fingerprint density at radius 3 is 2.20 bits per heavy atom. The van der Waals surface area contributed by atoms with Gasteiger partial charge in [-0.05, 0) is 0 Å². The number of rotatable bonds is 7. The summed E-state index contributed by atoms with van der Waals surface area (Å²) in [6.45, 7) is 4.56. The van der Waals surface area contributed by atoms with Crippen molar-refractivity contribution in [2.45, 2.75) is 56.6 Å². The molecule has 0 aromatic heterocycles. The van der Waals surface area contributed by atoms with E-state index in [4.69, 9.17) is 0 Å². The van der Waals surface area contributed by atoms with E-state index in [9.17, 15) is 0 Å². The quantitative estimate of drug-likeness (QED) is 0.442. The van der Waals surface area contributed by atoms with E-state index in [2.05, 4.69) is 13.8 Å². The van der Waals surface area contributed by atoms with E-state index in [0.29, 0.717) is 0 Å². The standard InChI is InChI=1S/C9H20Se/c1-3-5-6-7-9-10-8-4-2/h3-9H2,1-2H3. The van der Waals surface area contributed by atoms with Crippen LogP contribution in [0.2, 0.25) is 10.6 Å². The van der Waals surface area contributed by atoms with Gasteiger partial charge in [-0.2, -0.15) is 0 Å². The number of unbranched alkanes of at least 4 members (excludes halogenated alkanes) is 3. The number of hydrogen-bond donors (Lipinski definition) is 0. The van der Waals surface area contributed by atoms with Crippen LogP contribution in [0.3, 0.4) is 0 Å². The molecule has 0 aliphatic carbocycles. The van der Waals surface area contributed by atoms with Crippen LogP contribution in [0, 0.1) is 0 Å². The normalized spacial score (nSPS) is 10.2. The molecule has 1 heteroatoms. The Bertz CT molecular complexity index is 44.7. The van der Waals surface area contributed by atoms with E-state index >= 15 is 0 Å². The van der Waals surface area contributed by atoms with Gasteiger partial charge in [-0.25, -0.2) is 0 Å². The minimum absolute atomic E-state index is 0.975. The molecule has 0 aromatic rings. The van der Waals surface area contributed by atoms with Crippen molar-refractivity contribution < 1.29 is 0 Å². The molecule has 0 unspecified atom stereocenters. The average molecular weight is 207 g/mol. The van der Waals surface area contributed by atoms with Crippen LogP contribution in [-0.2, 0) is 0 Å². The van der Waals surface area contributed by atoms with Crippen LogP contribution >= 0.6 is 0 Å². The van der Waals surface area contributed by atoms with E-state index in [1.54, 1.807) is 0 Å². The number of hydrogen-bond acceptors (Lipinski definition) is 0. The topological polar surface area (TPSA) is 0 Å². The van der Waals surface area contributed by atoms with Gasteiger partial charge in [-0.1, -0.05) is 0 Å². The van der Waals surface area contributed by atoms with E-state index in [0.717, 1.165) is 15.0 Å². The fourth-order valence-electron chi connectivity index (χ4n) is 0.877. The fourth-order valence-corrected chi connectivity index (χ4v) is 2.77. The first-order valence-corrected chi connectivity index (χ1v) is 6.91. The summed E-state index contributed by atoms with van der Waals surface area (Å²) in [4.78, 5) is 0. The molecule has 0 atom stereocenters. The predicted octanol–water partition coefficient (Wildman–Crippen LogP) is 3.52. The van der Waals surface area contributed by atoms with Crippen molar-refractivity contribution in [2.75, 3.05) is 0 Å². The Morgan fingerprint density at radius 2 is 1.60 bits per heavy atom. The Kier molecular flexibility index (Phi) is 10.0. The van der Waals surface area contributed by atoms with Crippen LogP contribution in [0.4, 0.5) is 0 Å². The summed E-state index contributed by atoms with van der Waals surface area (Å²) in [6, 6.07) is 0. The van der Waals surface area contributed by atoms with Crippen LogP contribution in [-0.4, -0.2) is 15.0 Å².